The maximum absolute atomic E-state index is 12.7. The molecule has 136 valence electrons. The number of benzene rings is 1. The largest absolute Gasteiger partial charge is 0.306 e. The van der Waals surface area contributed by atoms with Gasteiger partial charge < -0.3 is 5.32 Å². The molecular formula is C18H18Cl2N4OS. The van der Waals surface area contributed by atoms with Crippen molar-refractivity contribution >= 4 is 46.3 Å². The highest BCUT2D eigenvalue weighted by Crippen LogP contribution is 2.26. The number of nitrogens with zero attached hydrogens (tertiary/aromatic N) is 3. The van der Waals surface area contributed by atoms with Gasteiger partial charge in [0.1, 0.15) is 10.7 Å². The van der Waals surface area contributed by atoms with E-state index in [4.69, 9.17) is 23.2 Å². The van der Waals surface area contributed by atoms with Crippen molar-refractivity contribution in [2.45, 2.75) is 33.2 Å². The summed E-state index contributed by atoms with van der Waals surface area (Å²) >= 11 is 13.6. The van der Waals surface area contributed by atoms with E-state index in [0.717, 1.165) is 16.3 Å². The average Bonchev–Trinajstić information content (AvgIpc) is 3.17. The first-order chi connectivity index (χ1) is 12.3. The molecule has 0 saturated heterocycles. The summed E-state index contributed by atoms with van der Waals surface area (Å²) in [5.41, 5.74) is 1.61. The first-order valence-electron chi connectivity index (χ1n) is 8.09. The Bertz CT molecular complexity index is 949. The van der Waals surface area contributed by atoms with Crippen molar-refractivity contribution in [2.24, 2.45) is 0 Å². The van der Waals surface area contributed by atoms with Crippen LogP contribution in [0.25, 0.3) is 0 Å². The number of carbonyl (C=O) groups is 1. The predicted octanol–water partition coefficient (Wildman–Crippen LogP) is 5.38. The molecule has 1 amide bonds. The van der Waals surface area contributed by atoms with Gasteiger partial charge >= 0.3 is 0 Å². The second kappa shape index (κ2) is 7.78. The average molecular weight is 409 g/mol. The Morgan fingerprint density at radius 3 is 2.73 bits per heavy atom. The van der Waals surface area contributed by atoms with Gasteiger partial charge in [0, 0.05) is 22.0 Å². The van der Waals surface area contributed by atoms with Gasteiger partial charge in [-0.1, -0.05) is 43.1 Å². The highest BCUT2D eigenvalue weighted by Gasteiger charge is 2.18. The van der Waals surface area contributed by atoms with Gasteiger partial charge in [0.05, 0.1) is 23.4 Å². The van der Waals surface area contributed by atoms with Crippen molar-refractivity contribution in [1.29, 1.82) is 0 Å². The van der Waals surface area contributed by atoms with E-state index in [2.05, 4.69) is 29.2 Å². The molecule has 1 N–H and O–H groups in total. The molecule has 1 aromatic carbocycles. The lowest BCUT2D eigenvalue weighted by Crippen LogP contribution is -2.16. The van der Waals surface area contributed by atoms with Crippen LogP contribution in [-0.2, 0) is 6.54 Å². The number of thiazole rings is 1. The molecule has 8 heteroatoms. The number of aromatic nitrogens is 3. The number of hydrogen-bond acceptors (Lipinski definition) is 4. The molecule has 0 spiro atoms. The first kappa shape index (κ1) is 18.9. The summed E-state index contributed by atoms with van der Waals surface area (Å²) in [5, 5.41) is 9.28. The standard InChI is InChI=1S/C18H18Cl2N4OS/c1-10(2)18-22-11(3)16(26-18)17(25)23-15-6-7-21-24(15)9-12-4-5-13(19)8-14(12)20/h4-8,10H,9H2,1-3H3,(H,23,25). The quantitative estimate of drug-likeness (QED) is 0.616. The first-order valence-corrected chi connectivity index (χ1v) is 9.66. The molecule has 5 nitrogen and oxygen atoms in total. The molecule has 0 bridgehead atoms. The number of aryl methyl sites for hydroxylation is 1. The van der Waals surface area contributed by atoms with Gasteiger partial charge in [-0.25, -0.2) is 9.67 Å². The Morgan fingerprint density at radius 1 is 1.31 bits per heavy atom. The third-order valence-corrected chi connectivity index (χ3v) is 5.85. The van der Waals surface area contributed by atoms with E-state index >= 15 is 0 Å². The van der Waals surface area contributed by atoms with Gasteiger partial charge in [0.15, 0.2) is 0 Å². The fourth-order valence-corrected chi connectivity index (χ4v) is 3.86. The van der Waals surface area contributed by atoms with E-state index in [1.807, 2.05) is 13.0 Å². The van der Waals surface area contributed by atoms with Crippen LogP contribution in [0.1, 0.15) is 45.7 Å². The van der Waals surface area contributed by atoms with Crippen LogP contribution < -0.4 is 5.32 Å². The second-order valence-corrected chi connectivity index (χ2v) is 8.06. The third-order valence-electron chi connectivity index (χ3n) is 3.81. The van der Waals surface area contributed by atoms with Crippen molar-refractivity contribution in [3.05, 3.63) is 61.6 Å². The number of hydrogen-bond donors (Lipinski definition) is 1. The molecule has 0 unspecified atom stereocenters. The van der Waals surface area contributed by atoms with Crippen LogP contribution >= 0.6 is 34.5 Å². The van der Waals surface area contributed by atoms with Crippen molar-refractivity contribution < 1.29 is 4.79 Å². The van der Waals surface area contributed by atoms with Crippen LogP contribution in [0, 0.1) is 6.92 Å². The Kier molecular flexibility index (Phi) is 5.65. The third kappa shape index (κ3) is 4.09. The summed E-state index contributed by atoms with van der Waals surface area (Å²) in [6.07, 6.45) is 1.64. The van der Waals surface area contributed by atoms with E-state index in [0.29, 0.717) is 27.3 Å². The lowest BCUT2D eigenvalue weighted by molar-refractivity contribution is 0.102. The van der Waals surface area contributed by atoms with Crippen LogP contribution in [0.15, 0.2) is 30.5 Å². The molecule has 0 aliphatic heterocycles. The van der Waals surface area contributed by atoms with Crippen LogP contribution in [-0.4, -0.2) is 20.7 Å². The summed E-state index contributed by atoms with van der Waals surface area (Å²) in [5.74, 6) is 0.702. The molecule has 0 atom stereocenters. The number of carbonyl (C=O) groups excluding carboxylic acids is 1. The smallest absolute Gasteiger partial charge is 0.268 e. The molecule has 0 aliphatic carbocycles. The number of nitrogens with one attached hydrogen (secondary N) is 1. The van der Waals surface area contributed by atoms with Crippen molar-refractivity contribution in [2.75, 3.05) is 5.32 Å². The normalized spacial score (nSPS) is 11.2. The molecule has 2 heterocycles. The fourth-order valence-electron chi connectivity index (χ4n) is 2.42. The minimum absolute atomic E-state index is 0.184. The molecule has 0 radical (unpaired) electrons. The highest BCUT2D eigenvalue weighted by molar-refractivity contribution is 7.14. The van der Waals surface area contributed by atoms with Crippen LogP contribution in [0.5, 0.6) is 0 Å². The predicted molar refractivity (Wildman–Crippen MR) is 107 cm³/mol. The topological polar surface area (TPSA) is 59.8 Å². The zero-order valence-electron chi connectivity index (χ0n) is 14.6. The van der Waals surface area contributed by atoms with Gasteiger partial charge in [-0.2, -0.15) is 5.10 Å². The van der Waals surface area contributed by atoms with E-state index in [9.17, 15) is 4.79 Å². The summed E-state index contributed by atoms with van der Waals surface area (Å²) < 4.78 is 1.69. The monoisotopic (exact) mass is 408 g/mol. The van der Waals surface area contributed by atoms with Gasteiger partial charge in [-0.05, 0) is 24.6 Å². The minimum atomic E-state index is -0.184. The highest BCUT2D eigenvalue weighted by atomic mass is 35.5. The Hall–Kier alpha value is -1.89. The molecule has 26 heavy (non-hydrogen) atoms. The van der Waals surface area contributed by atoms with Crippen molar-refractivity contribution in [1.82, 2.24) is 14.8 Å². The number of halogens is 2. The number of rotatable bonds is 5. The molecule has 2 aromatic heterocycles. The fraction of sp³-hybridized carbons (Fsp3) is 0.278. The van der Waals surface area contributed by atoms with E-state index in [1.165, 1.54) is 11.3 Å². The molecule has 0 saturated carbocycles. The molecule has 0 aliphatic rings. The zero-order chi connectivity index (χ0) is 18.8. The molecule has 3 rings (SSSR count). The van der Waals surface area contributed by atoms with Crippen molar-refractivity contribution in [3.63, 3.8) is 0 Å². The number of amides is 1. The summed E-state index contributed by atoms with van der Waals surface area (Å²) in [4.78, 5) is 17.8. The maximum atomic E-state index is 12.7. The number of anilines is 1. The Morgan fingerprint density at radius 2 is 2.08 bits per heavy atom. The SMILES string of the molecule is Cc1nc(C(C)C)sc1C(=O)Nc1ccnn1Cc1ccc(Cl)cc1Cl. The molecule has 0 fully saturated rings. The van der Waals surface area contributed by atoms with Crippen molar-refractivity contribution in [3.8, 4) is 0 Å². The lowest BCUT2D eigenvalue weighted by atomic mass is 10.2. The summed E-state index contributed by atoms with van der Waals surface area (Å²) in [6.45, 7) is 6.40. The van der Waals surface area contributed by atoms with Gasteiger partial charge in [0.2, 0.25) is 0 Å². The lowest BCUT2D eigenvalue weighted by Gasteiger charge is -2.10. The molecular weight excluding hydrogens is 391 g/mol. The summed E-state index contributed by atoms with van der Waals surface area (Å²) in [7, 11) is 0. The second-order valence-electron chi connectivity index (χ2n) is 6.19. The van der Waals surface area contributed by atoms with Gasteiger partial charge in [-0.15, -0.1) is 11.3 Å². The zero-order valence-corrected chi connectivity index (χ0v) is 16.9. The van der Waals surface area contributed by atoms with Crippen LogP contribution in [0.3, 0.4) is 0 Å². The maximum Gasteiger partial charge on any atom is 0.268 e. The van der Waals surface area contributed by atoms with Crippen LogP contribution in [0.2, 0.25) is 10.0 Å². The van der Waals surface area contributed by atoms with Crippen LogP contribution in [0.4, 0.5) is 5.82 Å². The minimum Gasteiger partial charge on any atom is -0.306 e. The summed E-state index contributed by atoms with van der Waals surface area (Å²) in [6, 6.07) is 7.06. The van der Waals surface area contributed by atoms with Gasteiger partial charge in [-0.3, -0.25) is 4.79 Å². The van der Waals surface area contributed by atoms with E-state index in [-0.39, 0.29) is 11.8 Å². The van der Waals surface area contributed by atoms with Gasteiger partial charge in [0.25, 0.3) is 5.91 Å². The Balaban J connectivity index is 1.79. The van der Waals surface area contributed by atoms with E-state index in [1.54, 1.807) is 29.1 Å². The molecule has 3 aromatic rings. The Labute approximate surface area is 166 Å². The van der Waals surface area contributed by atoms with E-state index < -0.39 is 0 Å².